The molecule has 0 fully saturated rings. The van der Waals surface area contributed by atoms with E-state index in [1.165, 1.54) is 276 Å². The van der Waals surface area contributed by atoms with Gasteiger partial charge in [0.15, 0.2) is 12.2 Å². The molecule has 0 saturated heterocycles. The van der Waals surface area contributed by atoms with E-state index in [-0.39, 0.29) is 25.7 Å². The van der Waals surface area contributed by atoms with E-state index in [1.807, 2.05) is 0 Å². The molecular weight excluding hydrogens is 1340 g/mol. The van der Waals surface area contributed by atoms with Gasteiger partial charge >= 0.3 is 39.5 Å². The van der Waals surface area contributed by atoms with E-state index in [9.17, 15) is 43.2 Å². The van der Waals surface area contributed by atoms with Crippen LogP contribution in [0.15, 0.2) is 0 Å². The van der Waals surface area contributed by atoms with Crippen molar-refractivity contribution >= 4 is 39.5 Å². The van der Waals surface area contributed by atoms with Crippen LogP contribution in [0.3, 0.4) is 0 Å². The third kappa shape index (κ3) is 78.0. The third-order valence-electron chi connectivity index (χ3n) is 19.8. The lowest BCUT2D eigenvalue weighted by Crippen LogP contribution is -2.30. The number of hydrogen-bond acceptors (Lipinski definition) is 15. The molecule has 2 unspecified atom stereocenters. The van der Waals surface area contributed by atoms with Gasteiger partial charge in [0, 0.05) is 25.7 Å². The van der Waals surface area contributed by atoms with Crippen LogP contribution in [-0.2, 0) is 65.4 Å². The van der Waals surface area contributed by atoms with E-state index < -0.39 is 97.5 Å². The maximum absolute atomic E-state index is 13.1. The summed E-state index contributed by atoms with van der Waals surface area (Å²) in [5.41, 5.74) is 0. The molecule has 3 N–H and O–H groups in total. The largest absolute Gasteiger partial charge is 0.472 e. The Balaban J connectivity index is 5.19. The topological polar surface area (TPSA) is 237 Å². The van der Waals surface area contributed by atoms with Gasteiger partial charge in [-0.2, -0.15) is 0 Å². The standard InChI is InChI=1S/C84H164O17P2/c1-6-9-12-15-18-21-23-25-27-29-30-31-33-37-42-46-50-55-60-65-70-84(89)101-80(74-95-82(87)68-63-58-53-48-44-40-38-34-35-39-43-47-51-56-61-66-77(4)5)76-99-103(92,93)97-72-78(85)71-96-102(90,91)98-75-79(73-94-81(86)67-62-57-52-20-17-14-11-8-3)100-83(88)69-64-59-54-49-45-41-36-32-28-26-24-22-19-16-13-10-7-2/h77-80,85H,6-76H2,1-5H3,(H,90,91)(H,92,93)/t78-,79+,80+/m0/s1. The predicted octanol–water partition coefficient (Wildman–Crippen LogP) is 25.6. The molecule has 17 nitrogen and oxygen atoms in total. The highest BCUT2D eigenvalue weighted by molar-refractivity contribution is 7.47. The summed E-state index contributed by atoms with van der Waals surface area (Å²) in [5, 5.41) is 10.7. The monoisotopic (exact) mass is 1510 g/mol. The fraction of sp³-hybridized carbons (Fsp3) is 0.952. The van der Waals surface area contributed by atoms with Crippen molar-refractivity contribution in [3.05, 3.63) is 0 Å². The first-order chi connectivity index (χ1) is 50.0. The first-order valence-corrected chi connectivity index (χ1v) is 46.6. The highest BCUT2D eigenvalue weighted by Gasteiger charge is 2.30. The maximum atomic E-state index is 13.1. The van der Waals surface area contributed by atoms with Gasteiger partial charge in [-0.3, -0.25) is 37.3 Å². The second kappa shape index (κ2) is 76.8. The molecular formula is C84H164O17P2. The molecule has 0 aliphatic carbocycles. The zero-order chi connectivity index (χ0) is 75.5. The molecule has 5 atom stereocenters. The van der Waals surface area contributed by atoms with Crippen LogP contribution in [0.1, 0.15) is 452 Å². The number of aliphatic hydroxyl groups is 1. The van der Waals surface area contributed by atoms with E-state index in [4.69, 9.17) is 37.0 Å². The summed E-state index contributed by atoms with van der Waals surface area (Å²) in [7, 11) is -9.92. The Hall–Kier alpha value is -1.94. The normalized spacial score (nSPS) is 13.8. The molecule has 0 spiro atoms. The minimum atomic E-state index is -4.96. The second-order valence-electron chi connectivity index (χ2n) is 30.7. The number of ether oxygens (including phenoxy) is 4. The number of carbonyl (C=O) groups is 4. The Labute approximate surface area is 632 Å². The maximum Gasteiger partial charge on any atom is 0.472 e. The van der Waals surface area contributed by atoms with Gasteiger partial charge in [-0.15, -0.1) is 0 Å². The summed E-state index contributed by atoms with van der Waals surface area (Å²) in [5.74, 6) is -1.30. The Morgan fingerprint density at radius 1 is 0.262 bits per heavy atom. The van der Waals surface area contributed by atoms with Gasteiger partial charge in [0.05, 0.1) is 26.4 Å². The van der Waals surface area contributed by atoms with Crippen molar-refractivity contribution in [2.24, 2.45) is 5.92 Å². The summed E-state index contributed by atoms with van der Waals surface area (Å²) in [6.07, 6.45) is 69.5. The molecule has 0 heterocycles. The summed E-state index contributed by atoms with van der Waals surface area (Å²) < 4.78 is 68.8. The second-order valence-corrected chi connectivity index (χ2v) is 33.6. The number of aliphatic hydroxyl groups excluding tert-OH is 1. The minimum Gasteiger partial charge on any atom is -0.462 e. The molecule has 0 rings (SSSR count). The van der Waals surface area contributed by atoms with Crippen LogP contribution in [0, 0.1) is 5.92 Å². The molecule has 19 heteroatoms. The summed E-state index contributed by atoms with van der Waals surface area (Å²) in [6, 6.07) is 0. The zero-order valence-corrected chi connectivity index (χ0v) is 69.3. The van der Waals surface area contributed by atoms with Crippen LogP contribution in [0.4, 0.5) is 0 Å². The lowest BCUT2D eigenvalue weighted by atomic mass is 10.0. The molecule has 612 valence electrons. The van der Waals surface area contributed by atoms with Crippen LogP contribution in [0.2, 0.25) is 0 Å². The smallest absolute Gasteiger partial charge is 0.462 e. The molecule has 0 aromatic rings. The molecule has 0 aromatic carbocycles. The van der Waals surface area contributed by atoms with Gasteiger partial charge in [0.1, 0.15) is 19.3 Å². The van der Waals surface area contributed by atoms with Gasteiger partial charge in [0.25, 0.3) is 0 Å². The molecule has 0 aliphatic heterocycles. The predicted molar refractivity (Wildman–Crippen MR) is 423 cm³/mol. The first-order valence-electron chi connectivity index (χ1n) is 43.6. The van der Waals surface area contributed by atoms with Crippen molar-refractivity contribution in [1.29, 1.82) is 0 Å². The first kappa shape index (κ1) is 101. The van der Waals surface area contributed by atoms with Gasteiger partial charge in [-0.1, -0.05) is 401 Å². The van der Waals surface area contributed by atoms with E-state index in [1.54, 1.807) is 0 Å². The Morgan fingerprint density at radius 3 is 0.660 bits per heavy atom. The molecule has 0 saturated carbocycles. The van der Waals surface area contributed by atoms with Gasteiger partial charge in [-0.25, -0.2) is 9.13 Å². The van der Waals surface area contributed by atoms with E-state index in [0.717, 1.165) is 95.8 Å². The van der Waals surface area contributed by atoms with Crippen molar-refractivity contribution in [2.45, 2.75) is 470 Å². The van der Waals surface area contributed by atoms with E-state index in [2.05, 4.69) is 34.6 Å². The molecule has 0 amide bonds. The van der Waals surface area contributed by atoms with Gasteiger partial charge < -0.3 is 33.8 Å². The van der Waals surface area contributed by atoms with Crippen molar-refractivity contribution in [2.75, 3.05) is 39.6 Å². The average Bonchev–Trinajstić information content (AvgIpc) is 0.932. The number of rotatable bonds is 84. The number of unbranched alkanes of at least 4 members (excludes halogenated alkanes) is 56. The van der Waals surface area contributed by atoms with Crippen LogP contribution < -0.4 is 0 Å². The average molecular weight is 1510 g/mol. The SMILES string of the molecule is CCCCCCCCCCCCCCCCCCCCCCC(=O)O[C@H](COC(=O)CCCCCCCCCCCCCCCCCC(C)C)COP(=O)(O)OC[C@@H](O)COP(=O)(O)OC[C@@H](COC(=O)CCCCCCCCCC)OC(=O)CCCCCCCCCCCCCCCCCCC. The molecule has 103 heavy (non-hydrogen) atoms. The van der Waals surface area contributed by atoms with Crippen LogP contribution in [-0.4, -0.2) is 96.7 Å². The fourth-order valence-corrected chi connectivity index (χ4v) is 14.7. The molecule has 0 aromatic heterocycles. The number of phosphoric ester groups is 2. The minimum absolute atomic E-state index is 0.109. The third-order valence-corrected chi connectivity index (χ3v) is 21.7. The highest BCUT2D eigenvalue weighted by atomic mass is 31.2. The van der Waals surface area contributed by atoms with Crippen molar-refractivity contribution in [1.82, 2.24) is 0 Å². The summed E-state index contributed by atoms with van der Waals surface area (Å²) >= 11 is 0. The van der Waals surface area contributed by atoms with Crippen LogP contribution in [0.25, 0.3) is 0 Å². The lowest BCUT2D eigenvalue weighted by molar-refractivity contribution is -0.161. The molecule has 0 bridgehead atoms. The number of hydrogen-bond donors (Lipinski definition) is 3. The zero-order valence-electron chi connectivity index (χ0n) is 67.5. The van der Waals surface area contributed by atoms with Crippen molar-refractivity contribution in [3.8, 4) is 0 Å². The van der Waals surface area contributed by atoms with Crippen LogP contribution >= 0.6 is 15.6 Å². The summed E-state index contributed by atoms with van der Waals surface area (Å²) in [6.45, 7) is 7.36. The van der Waals surface area contributed by atoms with Crippen molar-refractivity contribution in [3.63, 3.8) is 0 Å². The highest BCUT2D eigenvalue weighted by Crippen LogP contribution is 2.45. The van der Waals surface area contributed by atoms with E-state index in [0.29, 0.717) is 25.7 Å². The Morgan fingerprint density at radius 2 is 0.447 bits per heavy atom. The molecule has 0 radical (unpaired) electrons. The number of carbonyl (C=O) groups excluding carboxylic acids is 4. The Bertz CT molecular complexity index is 1960. The number of esters is 4. The van der Waals surface area contributed by atoms with E-state index >= 15 is 0 Å². The summed E-state index contributed by atoms with van der Waals surface area (Å²) in [4.78, 5) is 73.1. The van der Waals surface area contributed by atoms with Crippen molar-refractivity contribution < 1.29 is 80.2 Å². The fourth-order valence-electron chi connectivity index (χ4n) is 13.1. The van der Waals surface area contributed by atoms with Gasteiger partial charge in [-0.05, 0) is 31.6 Å². The quantitative estimate of drug-likeness (QED) is 0.0222. The van der Waals surface area contributed by atoms with Gasteiger partial charge in [0.2, 0.25) is 0 Å². The van der Waals surface area contributed by atoms with Crippen LogP contribution in [0.5, 0.6) is 0 Å². The Kier molecular flexibility index (Phi) is 75.4. The number of phosphoric acid groups is 2. The lowest BCUT2D eigenvalue weighted by Gasteiger charge is -2.21. The molecule has 0 aliphatic rings.